The van der Waals surface area contributed by atoms with E-state index in [0.717, 1.165) is 34.3 Å². The van der Waals surface area contributed by atoms with Gasteiger partial charge in [-0.1, -0.05) is 30.0 Å². The summed E-state index contributed by atoms with van der Waals surface area (Å²) in [4.78, 5) is 13.9. The van der Waals surface area contributed by atoms with Crippen molar-refractivity contribution in [2.24, 2.45) is 0 Å². The molecule has 0 amide bonds. The molecule has 27 heavy (non-hydrogen) atoms. The zero-order chi connectivity index (χ0) is 18.2. The summed E-state index contributed by atoms with van der Waals surface area (Å²) in [5.41, 5.74) is 3.61. The second kappa shape index (κ2) is 7.24. The molecule has 0 radical (unpaired) electrons. The first-order chi connectivity index (χ1) is 13.3. The van der Waals surface area contributed by atoms with Gasteiger partial charge in [0.2, 0.25) is 0 Å². The van der Waals surface area contributed by atoms with E-state index in [9.17, 15) is 4.79 Å². The van der Waals surface area contributed by atoms with Crippen LogP contribution < -0.4 is 0 Å². The van der Waals surface area contributed by atoms with Gasteiger partial charge in [0.25, 0.3) is 0 Å². The Morgan fingerprint density at radius 2 is 2.00 bits per heavy atom. The first kappa shape index (κ1) is 17.2. The molecule has 2 heterocycles. The van der Waals surface area contributed by atoms with Crippen LogP contribution in [0.2, 0.25) is 0 Å². The van der Waals surface area contributed by atoms with Crippen LogP contribution in [0.15, 0.2) is 40.9 Å². The van der Waals surface area contributed by atoms with E-state index in [2.05, 4.69) is 38.3 Å². The third-order valence-corrected chi connectivity index (χ3v) is 7.13. The molecule has 3 aromatic rings. The zero-order valence-electron chi connectivity index (χ0n) is 15.1. The molecule has 138 valence electrons. The standard InChI is InChI=1S/C21H21N3OS2/c25-18(16-8-7-14-4-1-2-5-15(14)12-16)13-27-21-23-22-20(19-6-3-11-26-19)24(21)17-9-10-17/h3,6-8,11-12,17H,1-2,4-5,9-10,13H2. The number of aromatic nitrogens is 3. The lowest BCUT2D eigenvalue weighted by Crippen LogP contribution is -2.08. The monoisotopic (exact) mass is 395 g/mol. The van der Waals surface area contributed by atoms with Gasteiger partial charge in [-0.05, 0) is 67.2 Å². The Kier molecular flexibility index (Phi) is 4.61. The van der Waals surface area contributed by atoms with Crippen LogP contribution in [0.4, 0.5) is 0 Å². The van der Waals surface area contributed by atoms with Crippen molar-refractivity contribution in [1.29, 1.82) is 0 Å². The SMILES string of the molecule is O=C(CSc1nnc(-c2cccs2)n1C1CC1)c1ccc2c(c1)CCCC2. The molecule has 2 aliphatic rings. The van der Waals surface area contributed by atoms with Crippen molar-refractivity contribution in [3.05, 3.63) is 52.4 Å². The summed E-state index contributed by atoms with van der Waals surface area (Å²) in [5.74, 6) is 1.53. The second-order valence-electron chi connectivity index (χ2n) is 7.29. The Hall–Kier alpha value is -1.92. The number of ketones is 1. The number of hydrogen-bond donors (Lipinski definition) is 0. The van der Waals surface area contributed by atoms with Crippen LogP contribution in [-0.2, 0) is 12.8 Å². The predicted molar refractivity (Wildman–Crippen MR) is 110 cm³/mol. The number of carbonyl (C=O) groups excluding carboxylic acids is 1. The number of rotatable bonds is 6. The van der Waals surface area contributed by atoms with Crippen molar-refractivity contribution >= 4 is 28.9 Å². The number of fused-ring (bicyclic) bond motifs is 1. The van der Waals surface area contributed by atoms with Crippen LogP contribution in [0, 0.1) is 0 Å². The molecule has 4 nitrogen and oxygen atoms in total. The van der Waals surface area contributed by atoms with Gasteiger partial charge in [-0.3, -0.25) is 9.36 Å². The topological polar surface area (TPSA) is 47.8 Å². The molecule has 0 atom stereocenters. The first-order valence-corrected chi connectivity index (χ1v) is 11.4. The predicted octanol–water partition coefficient (Wildman–Crippen LogP) is 5.20. The molecule has 6 heteroatoms. The van der Waals surface area contributed by atoms with Crippen molar-refractivity contribution in [1.82, 2.24) is 14.8 Å². The first-order valence-electron chi connectivity index (χ1n) is 9.56. The summed E-state index contributed by atoms with van der Waals surface area (Å²) >= 11 is 3.20. The third kappa shape index (κ3) is 3.48. The van der Waals surface area contributed by atoms with Crippen molar-refractivity contribution in [3.8, 4) is 10.7 Å². The van der Waals surface area contributed by atoms with Gasteiger partial charge >= 0.3 is 0 Å². The lowest BCUT2D eigenvalue weighted by atomic mass is 9.90. The summed E-state index contributed by atoms with van der Waals surface area (Å²) in [7, 11) is 0. The number of hydrogen-bond acceptors (Lipinski definition) is 5. The Morgan fingerprint density at radius 1 is 1.15 bits per heavy atom. The van der Waals surface area contributed by atoms with E-state index >= 15 is 0 Å². The summed E-state index contributed by atoms with van der Waals surface area (Å²) in [6.07, 6.45) is 7.08. The number of nitrogens with zero attached hydrogens (tertiary/aromatic N) is 3. The fraction of sp³-hybridized carbons (Fsp3) is 0.381. The third-order valence-electron chi connectivity index (χ3n) is 5.32. The second-order valence-corrected chi connectivity index (χ2v) is 9.18. The minimum Gasteiger partial charge on any atom is -0.298 e. The van der Waals surface area contributed by atoms with Gasteiger partial charge in [0.05, 0.1) is 10.6 Å². The summed E-state index contributed by atoms with van der Waals surface area (Å²) in [5, 5.41) is 11.8. The number of benzene rings is 1. The highest BCUT2D eigenvalue weighted by atomic mass is 32.2. The van der Waals surface area contributed by atoms with Crippen LogP contribution in [0.3, 0.4) is 0 Å². The molecule has 2 aromatic heterocycles. The fourth-order valence-electron chi connectivity index (χ4n) is 3.73. The van der Waals surface area contributed by atoms with E-state index in [1.54, 1.807) is 11.3 Å². The van der Waals surface area contributed by atoms with Crippen LogP contribution in [0.25, 0.3) is 10.7 Å². The molecule has 0 saturated heterocycles. The van der Waals surface area contributed by atoms with E-state index < -0.39 is 0 Å². The molecular weight excluding hydrogens is 374 g/mol. The molecule has 1 aromatic carbocycles. The molecule has 1 fully saturated rings. The van der Waals surface area contributed by atoms with Gasteiger partial charge < -0.3 is 0 Å². The minimum atomic E-state index is 0.177. The molecule has 0 spiro atoms. The van der Waals surface area contributed by atoms with Crippen LogP contribution in [0.1, 0.15) is 53.2 Å². The summed E-state index contributed by atoms with van der Waals surface area (Å²) in [6.45, 7) is 0. The van der Waals surface area contributed by atoms with Crippen molar-refractivity contribution < 1.29 is 4.79 Å². The fourth-order valence-corrected chi connectivity index (χ4v) is 5.34. The van der Waals surface area contributed by atoms with Gasteiger partial charge in [-0.2, -0.15) is 0 Å². The van der Waals surface area contributed by atoms with E-state index in [0.29, 0.717) is 11.8 Å². The summed E-state index contributed by atoms with van der Waals surface area (Å²) in [6, 6.07) is 10.9. The largest absolute Gasteiger partial charge is 0.298 e. The van der Waals surface area contributed by atoms with Crippen molar-refractivity contribution in [3.63, 3.8) is 0 Å². The van der Waals surface area contributed by atoms with Gasteiger partial charge in [-0.25, -0.2) is 0 Å². The molecule has 0 unspecified atom stereocenters. The molecule has 0 N–H and O–H groups in total. The Morgan fingerprint density at radius 3 is 2.78 bits per heavy atom. The normalized spacial score (nSPS) is 16.3. The number of carbonyl (C=O) groups is 1. The highest BCUT2D eigenvalue weighted by Gasteiger charge is 2.30. The average Bonchev–Trinajstić information content (AvgIpc) is 3.23. The van der Waals surface area contributed by atoms with E-state index in [-0.39, 0.29) is 5.78 Å². The van der Waals surface area contributed by atoms with E-state index in [1.165, 1.54) is 48.6 Å². The number of thioether (sulfide) groups is 1. The van der Waals surface area contributed by atoms with Gasteiger partial charge in [0.15, 0.2) is 16.8 Å². The Bertz CT molecular complexity index is 973. The van der Waals surface area contributed by atoms with Crippen LogP contribution in [-0.4, -0.2) is 26.3 Å². The molecule has 2 aliphatic carbocycles. The maximum atomic E-state index is 12.8. The Balaban J connectivity index is 1.34. The maximum absolute atomic E-state index is 12.8. The van der Waals surface area contributed by atoms with Crippen LogP contribution >= 0.6 is 23.1 Å². The number of aryl methyl sites for hydroxylation is 2. The number of thiophene rings is 1. The van der Waals surface area contributed by atoms with Gasteiger partial charge in [0.1, 0.15) is 0 Å². The lowest BCUT2D eigenvalue weighted by Gasteiger charge is -2.16. The molecular formula is C21H21N3OS2. The highest BCUT2D eigenvalue weighted by molar-refractivity contribution is 7.99. The van der Waals surface area contributed by atoms with Crippen molar-refractivity contribution in [2.75, 3.05) is 5.75 Å². The maximum Gasteiger partial charge on any atom is 0.192 e. The average molecular weight is 396 g/mol. The Labute approximate surface area is 167 Å². The highest BCUT2D eigenvalue weighted by Crippen LogP contribution is 2.41. The van der Waals surface area contributed by atoms with Gasteiger partial charge in [0, 0.05) is 11.6 Å². The van der Waals surface area contributed by atoms with Crippen molar-refractivity contribution in [2.45, 2.75) is 49.7 Å². The molecule has 0 bridgehead atoms. The minimum absolute atomic E-state index is 0.177. The van der Waals surface area contributed by atoms with E-state index in [4.69, 9.17) is 0 Å². The molecule has 1 saturated carbocycles. The van der Waals surface area contributed by atoms with Gasteiger partial charge in [-0.15, -0.1) is 21.5 Å². The smallest absolute Gasteiger partial charge is 0.192 e. The summed E-state index contributed by atoms with van der Waals surface area (Å²) < 4.78 is 2.23. The molecule has 0 aliphatic heterocycles. The zero-order valence-corrected chi connectivity index (χ0v) is 16.7. The van der Waals surface area contributed by atoms with E-state index in [1.807, 2.05) is 12.1 Å². The number of Topliss-reactive ketones (excluding diaryl/α,β-unsaturated/α-hetero) is 1. The van der Waals surface area contributed by atoms with Crippen LogP contribution in [0.5, 0.6) is 0 Å². The lowest BCUT2D eigenvalue weighted by molar-refractivity contribution is 0.102. The quantitative estimate of drug-likeness (QED) is 0.425. The molecule has 5 rings (SSSR count).